The monoisotopic (exact) mass is 270 g/mol. The van der Waals surface area contributed by atoms with Gasteiger partial charge >= 0.3 is 0 Å². The number of aryl methyl sites for hydroxylation is 2. The number of nitrogens with zero attached hydrogens (tertiary/aromatic N) is 1. The first-order valence-corrected chi connectivity index (χ1v) is 5.35. The molecule has 0 fully saturated rings. The molecule has 15 heavy (non-hydrogen) atoms. The minimum absolute atomic E-state index is 0.530. The summed E-state index contributed by atoms with van der Waals surface area (Å²) in [6.07, 6.45) is 0. The standard InChI is InChI=1S/C10H15BrN4/c1-6-4-7(2)9(8(11)5-6)14-10(13-3)15-12/h4-5H,12H2,1-3H3,(H2,13,14,15). The molecule has 82 valence electrons. The van der Waals surface area contributed by atoms with Crippen molar-refractivity contribution in [1.29, 1.82) is 0 Å². The lowest BCUT2D eigenvalue weighted by Crippen LogP contribution is -2.36. The molecule has 0 atom stereocenters. The number of rotatable bonds is 1. The van der Waals surface area contributed by atoms with Crippen molar-refractivity contribution in [3.05, 3.63) is 27.7 Å². The third kappa shape index (κ3) is 2.94. The van der Waals surface area contributed by atoms with Crippen molar-refractivity contribution in [2.45, 2.75) is 13.8 Å². The molecule has 0 unspecified atom stereocenters. The second kappa shape index (κ2) is 5.14. The maximum absolute atomic E-state index is 5.30. The minimum atomic E-state index is 0.530. The number of anilines is 1. The predicted octanol–water partition coefficient (Wildman–Crippen LogP) is 1.93. The van der Waals surface area contributed by atoms with Gasteiger partial charge in [-0.3, -0.25) is 10.4 Å². The summed E-state index contributed by atoms with van der Waals surface area (Å²) in [6, 6.07) is 4.13. The fourth-order valence-electron chi connectivity index (χ4n) is 1.35. The Morgan fingerprint density at radius 1 is 1.40 bits per heavy atom. The summed E-state index contributed by atoms with van der Waals surface area (Å²) in [5, 5.41) is 3.11. The zero-order valence-corrected chi connectivity index (χ0v) is 10.6. The number of nitrogens with one attached hydrogen (secondary N) is 2. The van der Waals surface area contributed by atoms with Crippen LogP contribution in [-0.2, 0) is 0 Å². The number of halogens is 1. The molecule has 0 aliphatic heterocycles. The molecular formula is C10H15BrN4. The molecule has 0 aliphatic rings. The first-order valence-electron chi connectivity index (χ1n) is 4.55. The van der Waals surface area contributed by atoms with Crippen molar-refractivity contribution >= 4 is 27.6 Å². The number of aliphatic imine (C=N–C) groups is 1. The first-order chi connectivity index (χ1) is 7.08. The van der Waals surface area contributed by atoms with Gasteiger partial charge in [-0.25, -0.2) is 5.84 Å². The van der Waals surface area contributed by atoms with E-state index in [0.717, 1.165) is 15.7 Å². The van der Waals surface area contributed by atoms with Crippen LogP contribution in [0.5, 0.6) is 0 Å². The maximum Gasteiger partial charge on any atom is 0.210 e. The quantitative estimate of drug-likeness (QED) is 0.316. The number of nitrogens with two attached hydrogens (primary N) is 1. The highest BCUT2D eigenvalue weighted by Gasteiger charge is 2.06. The van der Waals surface area contributed by atoms with Crippen LogP contribution in [0.15, 0.2) is 21.6 Å². The molecule has 5 heteroatoms. The van der Waals surface area contributed by atoms with Gasteiger partial charge < -0.3 is 5.32 Å². The number of hydrogen-bond donors (Lipinski definition) is 3. The largest absolute Gasteiger partial charge is 0.324 e. The van der Waals surface area contributed by atoms with Crippen LogP contribution >= 0.6 is 15.9 Å². The van der Waals surface area contributed by atoms with E-state index in [2.05, 4.69) is 44.7 Å². The summed E-state index contributed by atoms with van der Waals surface area (Å²) in [4.78, 5) is 3.96. The molecule has 0 spiro atoms. The fourth-order valence-corrected chi connectivity index (χ4v) is 2.12. The van der Waals surface area contributed by atoms with E-state index in [4.69, 9.17) is 5.84 Å². The maximum atomic E-state index is 5.30. The van der Waals surface area contributed by atoms with Crippen molar-refractivity contribution in [2.75, 3.05) is 12.4 Å². The number of benzene rings is 1. The van der Waals surface area contributed by atoms with Crippen LogP contribution in [0.1, 0.15) is 11.1 Å². The van der Waals surface area contributed by atoms with E-state index in [1.165, 1.54) is 5.56 Å². The van der Waals surface area contributed by atoms with Crippen molar-refractivity contribution in [1.82, 2.24) is 5.43 Å². The highest BCUT2D eigenvalue weighted by atomic mass is 79.9. The van der Waals surface area contributed by atoms with Gasteiger partial charge in [-0.15, -0.1) is 0 Å². The van der Waals surface area contributed by atoms with E-state index in [9.17, 15) is 0 Å². The minimum Gasteiger partial charge on any atom is -0.324 e. The van der Waals surface area contributed by atoms with Crippen molar-refractivity contribution < 1.29 is 0 Å². The summed E-state index contributed by atoms with van der Waals surface area (Å²) in [6.45, 7) is 4.08. The molecule has 1 rings (SSSR count). The Hall–Kier alpha value is -1.07. The van der Waals surface area contributed by atoms with Gasteiger partial charge in [0.25, 0.3) is 0 Å². The zero-order chi connectivity index (χ0) is 11.4. The molecule has 0 aromatic heterocycles. The van der Waals surface area contributed by atoms with E-state index in [-0.39, 0.29) is 0 Å². The normalized spacial score (nSPS) is 11.4. The van der Waals surface area contributed by atoms with Crippen LogP contribution in [0.25, 0.3) is 0 Å². The van der Waals surface area contributed by atoms with Gasteiger partial charge in [0, 0.05) is 11.5 Å². The summed E-state index contributed by atoms with van der Waals surface area (Å²) < 4.78 is 0.997. The summed E-state index contributed by atoms with van der Waals surface area (Å²) in [7, 11) is 1.67. The average Bonchev–Trinajstić information content (AvgIpc) is 2.17. The van der Waals surface area contributed by atoms with Crippen LogP contribution in [0.2, 0.25) is 0 Å². The summed E-state index contributed by atoms with van der Waals surface area (Å²) >= 11 is 3.50. The lowest BCUT2D eigenvalue weighted by Gasteiger charge is -2.13. The Kier molecular flexibility index (Phi) is 4.11. The van der Waals surface area contributed by atoms with Crippen LogP contribution in [0, 0.1) is 13.8 Å². The van der Waals surface area contributed by atoms with Crippen LogP contribution < -0.4 is 16.6 Å². The molecular weight excluding hydrogens is 256 g/mol. The van der Waals surface area contributed by atoms with Gasteiger partial charge in [-0.2, -0.15) is 0 Å². The Morgan fingerprint density at radius 2 is 2.07 bits per heavy atom. The molecule has 4 nitrogen and oxygen atoms in total. The van der Waals surface area contributed by atoms with E-state index in [1.807, 2.05) is 13.0 Å². The van der Waals surface area contributed by atoms with Crippen LogP contribution in [-0.4, -0.2) is 13.0 Å². The highest BCUT2D eigenvalue weighted by molar-refractivity contribution is 9.10. The third-order valence-electron chi connectivity index (χ3n) is 2.04. The number of hydrogen-bond acceptors (Lipinski definition) is 2. The van der Waals surface area contributed by atoms with Gasteiger partial charge in [0.1, 0.15) is 0 Å². The molecule has 1 aromatic rings. The van der Waals surface area contributed by atoms with E-state index >= 15 is 0 Å². The molecule has 0 saturated heterocycles. The lowest BCUT2D eigenvalue weighted by atomic mass is 10.1. The lowest BCUT2D eigenvalue weighted by molar-refractivity contribution is 1.01. The van der Waals surface area contributed by atoms with Crippen molar-refractivity contribution in [2.24, 2.45) is 10.8 Å². The molecule has 1 aromatic carbocycles. The van der Waals surface area contributed by atoms with Crippen LogP contribution in [0.3, 0.4) is 0 Å². The van der Waals surface area contributed by atoms with E-state index in [0.29, 0.717) is 5.96 Å². The molecule has 0 aliphatic carbocycles. The Morgan fingerprint density at radius 3 is 2.53 bits per heavy atom. The van der Waals surface area contributed by atoms with Crippen molar-refractivity contribution in [3.63, 3.8) is 0 Å². The first kappa shape index (κ1) is 12.0. The number of guanidine groups is 1. The molecule has 0 amide bonds. The smallest absolute Gasteiger partial charge is 0.210 e. The second-order valence-corrected chi connectivity index (χ2v) is 4.13. The number of hydrazine groups is 1. The molecule has 0 bridgehead atoms. The molecule has 0 heterocycles. The second-order valence-electron chi connectivity index (χ2n) is 3.28. The molecule has 4 N–H and O–H groups in total. The molecule has 0 radical (unpaired) electrons. The highest BCUT2D eigenvalue weighted by Crippen LogP contribution is 2.27. The SMILES string of the molecule is CN=C(NN)Nc1c(C)cc(C)cc1Br. The van der Waals surface area contributed by atoms with E-state index < -0.39 is 0 Å². The molecule has 0 saturated carbocycles. The van der Waals surface area contributed by atoms with Gasteiger partial charge in [0.2, 0.25) is 5.96 Å². The summed E-state index contributed by atoms with van der Waals surface area (Å²) in [5.74, 6) is 5.83. The van der Waals surface area contributed by atoms with E-state index in [1.54, 1.807) is 7.05 Å². The Bertz CT molecular complexity index is 364. The van der Waals surface area contributed by atoms with Crippen LogP contribution in [0.4, 0.5) is 5.69 Å². The summed E-state index contributed by atoms with van der Waals surface area (Å²) in [5.41, 5.74) is 5.80. The van der Waals surface area contributed by atoms with Crippen molar-refractivity contribution in [3.8, 4) is 0 Å². The third-order valence-corrected chi connectivity index (χ3v) is 2.66. The predicted molar refractivity (Wildman–Crippen MR) is 67.9 cm³/mol. The van der Waals surface area contributed by atoms with Gasteiger partial charge in [0.15, 0.2) is 0 Å². The zero-order valence-electron chi connectivity index (χ0n) is 9.06. The van der Waals surface area contributed by atoms with Gasteiger partial charge in [-0.05, 0) is 47.0 Å². The topological polar surface area (TPSA) is 62.4 Å². The Labute approximate surface area is 98.1 Å². The van der Waals surface area contributed by atoms with Gasteiger partial charge in [0.05, 0.1) is 5.69 Å². The van der Waals surface area contributed by atoms with Gasteiger partial charge in [-0.1, -0.05) is 6.07 Å². The fraction of sp³-hybridized carbons (Fsp3) is 0.300. The average molecular weight is 271 g/mol. The Balaban J connectivity index is 3.05.